The molecule has 4 aliphatic carbocycles. The Bertz CT molecular complexity index is 744. The third kappa shape index (κ3) is 2.44. The molecule has 0 aromatic heterocycles. The first kappa shape index (κ1) is 18.8. The molecule has 28 heavy (non-hydrogen) atoms. The molecule has 5 rings (SSSR count). The van der Waals surface area contributed by atoms with Crippen LogP contribution in [-0.2, 0) is 9.63 Å². The number of oxime groups is 1. The highest BCUT2D eigenvalue weighted by atomic mass is 16.6. The highest BCUT2D eigenvalue weighted by Gasteiger charge is 2.65. The third-order valence-electron chi connectivity index (χ3n) is 9.36. The number of fused-ring (bicyclic) bond motifs is 5. The van der Waals surface area contributed by atoms with Crippen LogP contribution in [0.15, 0.2) is 17.3 Å². The van der Waals surface area contributed by atoms with Crippen LogP contribution in [0.2, 0.25) is 0 Å². The van der Waals surface area contributed by atoms with Gasteiger partial charge in [-0.1, -0.05) is 31.2 Å². The van der Waals surface area contributed by atoms with Gasteiger partial charge in [-0.2, -0.15) is 0 Å². The van der Waals surface area contributed by atoms with Gasteiger partial charge in [-0.15, -0.1) is 0 Å². The number of carbonyl (C=O) groups is 1. The molecule has 6 atom stereocenters. The van der Waals surface area contributed by atoms with Crippen LogP contribution in [0.5, 0.6) is 0 Å². The highest BCUT2D eigenvalue weighted by molar-refractivity contribution is 5.88. The summed E-state index contributed by atoms with van der Waals surface area (Å²) in [6.07, 6.45) is 6.96. The van der Waals surface area contributed by atoms with Crippen LogP contribution in [0.3, 0.4) is 0 Å². The van der Waals surface area contributed by atoms with Crippen molar-refractivity contribution in [1.29, 1.82) is 0 Å². The monoisotopic (exact) mass is 386 g/mol. The van der Waals surface area contributed by atoms with Crippen molar-refractivity contribution in [2.45, 2.75) is 76.9 Å². The first-order chi connectivity index (χ1) is 13.3. The Morgan fingerprint density at radius 2 is 1.93 bits per heavy atom. The van der Waals surface area contributed by atoms with Crippen molar-refractivity contribution in [2.24, 2.45) is 33.7 Å². The van der Waals surface area contributed by atoms with Crippen molar-refractivity contribution in [3.05, 3.63) is 12.2 Å². The van der Waals surface area contributed by atoms with Gasteiger partial charge in [-0.25, -0.2) is 0 Å². The molecule has 0 radical (unpaired) electrons. The van der Waals surface area contributed by atoms with E-state index in [0.29, 0.717) is 36.4 Å². The Balaban J connectivity index is 1.42. The van der Waals surface area contributed by atoms with E-state index in [0.717, 1.165) is 57.3 Å². The second-order valence-electron chi connectivity index (χ2n) is 10.7. The lowest BCUT2D eigenvalue weighted by Crippen LogP contribution is -2.63. The zero-order chi connectivity index (χ0) is 19.7. The van der Waals surface area contributed by atoms with Crippen LogP contribution < -0.4 is 5.32 Å². The molecule has 1 saturated heterocycles. The number of rotatable bonds is 2. The van der Waals surface area contributed by atoms with Gasteiger partial charge in [0.05, 0.1) is 11.3 Å². The van der Waals surface area contributed by atoms with E-state index in [9.17, 15) is 9.90 Å². The summed E-state index contributed by atoms with van der Waals surface area (Å²) in [5.41, 5.74) is 1.07. The maximum atomic E-state index is 12.6. The van der Waals surface area contributed by atoms with Crippen LogP contribution in [0.1, 0.15) is 65.2 Å². The molecule has 4 saturated carbocycles. The van der Waals surface area contributed by atoms with Crippen LogP contribution >= 0.6 is 0 Å². The minimum atomic E-state index is -0.792. The van der Waals surface area contributed by atoms with E-state index >= 15 is 0 Å². The average Bonchev–Trinajstić information content (AvgIpc) is 2.90. The summed E-state index contributed by atoms with van der Waals surface area (Å²) in [6.45, 7) is 10.7. The summed E-state index contributed by atoms with van der Waals surface area (Å²) >= 11 is 0. The predicted octanol–water partition coefficient (Wildman–Crippen LogP) is 3.22. The zero-order valence-corrected chi connectivity index (χ0v) is 17.3. The Hall–Kier alpha value is -1.20. The number of aliphatic hydroxyl groups is 1. The van der Waals surface area contributed by atoms with Gasteiger partial charge in [0.2, 0.25) is 0 Å². The standard InChI is InChI=1S/C23H34N2O3/c1-14-10-23(27)11-15(25-28-16-12-24-13-16)6-9-22(23,3)18-7-8-21(2)17(20(14)18)4-5-19(21)26/h16-18,20,24,27H,1,4-13H2,2-3H3/t17-,18-,20-,21-,22+,23+/m0/s1. The molecule has 154 valence electrons. The maximum absolute atomic E-state index is 12.6. The van der Waals surface area contributed by atoms with Crippen LogP contribution in [0, 0.1) is 28.6 Å². The second-order valence-corrected chi connectivity index (χ2v) is 10.7. The summed E-state index contributed by atoms with van der Waals surface area (Å²) in [7, 11) is 0. The van der Waals surface area contributed by atoms with E-state index in [4.69, 9.17) is 4.84 Å². The van der Waals surface area contributed by atoms with E-state index in [1.165, 1.54) is 5.57 Å². The van der Waals surface area contributed by atoms with E-state index in [1.54, 1.807) is 0 Å². The second kappa shape index (κ2) is 6.15. The third-order valence-corrected chi connectivity index (χ3v) is 9.36. The lowest BCUT2D eigenvalue weighted by atomic mass is 9.43. The van der Waals surface area contributed by atoms with E-state index in [2.05, 4.69) is 30.9 Å². The number of ketones is 1. The molecule has 0 bridgehead atoms. The fourth-order valence-electron chi connectivity index (χ4n) is 7.31. The number of Topliss-reactive ketones (excluding diaryl/α,β-unsaturated/α-hetero) is 1. The quantitative estimate of drug-likeness (QED) is 0.565. The Morgan fingerprint density at radius 3 is 2.64 bits per heavy atom. The molecule has 0 aromatic rings. The molecule has 1 aliphatic heterocycles. The van der Waals surface area contributed by atoms with Crippen LogP contribution in [0.4, 0.5) is 0 Å². The average molecular weight is 387 g/mol. The van der Waals surface area contributed by atoms with Crippen LogP contribution in [0.25, 0.3) is 0 Å². The predicted molar refractivity (Wildman–Crippen MR) is 108 cm³/mol. The van der Waals surface area contributed by atoms with Gasteiger partial charge < -0.3 is 15.3 Å². The Morgan fingerprint density at radius 1 is 1.14 bits per heavy atom. The Kier molecular flexibility index (Phi) is 4.13. The number of carbonyl (C=O) groups excluding carboxylic acids is 1. The number of hydrogen-bond donors (Lipinski definition) is 2. The summed E-state index contributed by atoms with van der Waals surface area (Å²) < 4.78 is 0. The van der Waals surface area contributed by atoms with Crippen molar-refractivity contribution in [3.63, 3.8) is 0 Å². The fourth-order valence-corrected chi connectivity index (χ4v) is 7.31. The molecule has 0 unspecified atom stereocenters. The molecular weight excluding hydrogens is 352 g/mol. The van der Waals surface area contributed by atoms with Crippen molar-refractivity contribution in [1.82, 2.24) is 5.32 Å². The van der Waals surface area contributed by atoms with Crippen molar-refractivity contribution in [2.75, 3.05) is 13.1 Å². The molecule has 0 amide bonds. The minimum absolute atomic E-state index is 0.136. The van der Waals surface area contributed by atoms with Gasteiger partial charge in [-0.05, 0) is 56.3 Å². The maximum Gasteiger partial charge on any atom is 0.152 e. The number of hydrogen-bond acceptors (Lipinski definition) is 5. The van der Waals surface area contributed by atoms with Gasteiger partial charge in [-0.3, -0.25) is 4.79 Å². The first-order valence-corrected chi connectivity index (χ1v) is 11.1. The SMILES string of the molecule is C=C1C[C@@]2(O)CC(=NOC3CNC3)CC[C@]2(C)[C@H]2CC[C@]3(C)C(=O)CC[C@H]3[C@H]12. The summed E-state index contributed by atoms with van der Waals surface area (Å²) in [5.74, 6) is 1.67. The van der Waals surface area contributed by atoms with E-state index in [1.807, 2.05) is 0 Å². The van der Waals surface area contributed by atoms with Gasteiger partial charge >= 0.3 is 0 Å². The van der Waals surface area contributed by atoms with Crippen molar-refractivity contribution in [3.8, 4) is 0 Å². The normalized spacial score (nSPS) is 50.0. The summed E-state index contributed by atoms with van der Waals surface area (Å²) in [6, 6.07) is 0. The molecule has 2 N–H and O–H groups in total. The summed E-state index contributed by atoms with van der Waals surface area (Å²) in [4.78, 5) is 18.3. The van der Waals surface area contributed by atoms with Crippen LogP contribution in [-0.4, -0.2) is 41.4 Å². The molecule has 5 heteroatoms. The smallest absolute Gasteiger partial charge is 0.152 e. The van der Waals surface area contributed by atoms with E-state index < -0.39 is 5.60 Å². The molecule has 1 heterocycles. The Labute approximate surface area is 168 Å². The largest absolute Gasteiger partial charge is 0.390 e. The molecular formula is C23H34N2O3. The van der Waals surface area contributed by atoms with Crippen molar-refractivity contribution < 1.29 is 14.7 Å². The van der Waals surface area contributed by atoms with Gasteiger partial charge in [0.25, 0.3) is 0 Å². The summed E-state index contributed by atoms with van der Waals surface area (Å²) in [5, 5.41) is 19.5. The van der Waals surface area contributed by atoms with E-state index in [-0.39, 0.29) is 16.9 Å². The van der Waals surface area contributed by atoms with Gasteiger partial charge in [0.15, 0.2) is 6.10 Å². The zero-order valence-electron chi connectivity index (χ0n) is 17.3. The molecule has 5 fully saturated rings. The van der Waals surface area contributed by atoms with Gasteiger partial charge in [0.1, 0.15) is 5.78 Å². The lowest BCUT2D eigenvalue weighted by Gasteiger charge is -2.63. The molecule has 5 aliphatic rings. The topological polar surface area (TPSA) is 70.9 Å². The molecule has 5 nitrogen and oxygen atoms in total. The minimum Gasteiger partial charge on any atom is -0.390 e. The number of nitrogens with zero attached hydrogens (tertiary/aromatic N) is 1. The lowest BCUT2D eigenvalue weighted by molar-refractivity contribution is -0.170. The van der Waals surface area contributed by atoms with Gasteiger partial charge in [0, 0.05) is 36.8 Å². The molecule has 0 aromatic carbocycles. The first-order valence-electron chi connectivity index (χ1n) is 11.1. The number of nitrogens with one attached hydrogen (secondary N) is 1. The van der Waals surface area contributed by atoms with Crippen molar-refractivity contribution >= 4 is 11.5 Å². The molecule has 0 spiro atoms. The fraction of sp³-hybridized carbons (Fsp3) is 0.826. The highest BCUT2D eigenvalue weighted by Crippen LogP contribution is 2.67.